The van der Waals surface area contributed by atoms with Crippen molar-refractivity contribution in [2.24, 2.45) is 0 Å². The van der Waals surface area contributed by atoms with Crippen molar-refractivity contribution < 1.29 is 9.13 Å². The fourth-order valence-electron chi connectivity index (χ4n) is 3.54. The van der Waals surface area contributed by atoms with E-state index in [9.17, 15) is 4.39 Å². The number of anilines is 2. The number of hydrogen-bond acceptors (Lipinski definition) is 7. The van der Waals surface area contributed by atoms with Crippen LogP contribution in [0, 0.1) is 5.82 Å². The summed E-state index contributed by atoms with van der Waals surface area (Å²) in [5.74, 6) is 0.781. The molecule has 0 saturated carbocycles. The molecule has 0 aliphatic carbocycles. The molecule has 30 heavy (non-hydrogen) atoms. The maximum Gasteiger partial charge on any atom is 0.227 e. The van der Waals surface area contributed by atoms with Crippen LogP contribution in [0.3, 0.4) is 0 Å². The number of halogens is 1. The molecule has 0 bridgehead atoms. The van der Waals surface area contributed by atoms with Gasteiger partial charge in [0.15, 0.2) is 0 Å². The molecule has 5 rings (SSSR count). The van der Waals surface area contributed by atoms with E-state index in [1.807, 2.05) is 12.1 Å². The van der Waals surface area contributed by atoms with Crippen LogP contribution in [0.2, 0.25) is 0 Å². The van der Waals surface area contributed by atoms with E-state index >= 15 is 0 Å². The first-order chi connectivity index (χ1) is 14.7. The van der Waals surface area contributed by atoms with Gasteiger partial charge in [-0.3, -0.25) is 5.10 Å². The molecule has 0 spiro atoms. The van der Waals surface area contributed by atoms with E-state index in [1.54, 1.807) is 24.5 Å². The Bertz CT molecular complexity index is 1160. The van der Waals surface area contributed by atoms with Crippen LogP contribution in [0.25, 0.3) is 22.2 Å². The Morgan fingerprint density at radius 3 is 2.80 bits per heavy atom. The number of ether oxygens (including phenoxy) is 1. The number of nitrogens with one attached hydrogen (secondary N) is 3. The van der Waals surface area contributed by atoms with Crippen molar-refractivity contribution in [1.82, 2.24) is 30.7 Å². The maximum atomic E-state index is 13.5. The van der Waals surface area contributed by atoms with Gasteiger partial charge in [-0.25, -0.2) is 14.4 Å². The van der Waals surface area contributed by atoms with Gasteiger partial charge in [0.2, 0.25) is 5.95 Å². The smallest absolute Gasteiger partial charge is 0.227 e. The van der Waals surface area contributed by atoms with Gasteiger partial charge in [-0.1, -0.05) is 11.3 Å². The van der Waals surface area contributed by atoms with Crippen molar-refractivity contribution in [3.8, 4) is 17.0 Å². The topological polar surface area (TPSA) is 101 Å². The molecule has 3 heterocycles. The van der Waals surface area contributed by atoms with Crippen molar-refractivity contribution in [2.45, 2.75) is 18.9 Å². The summed E-state index contributed by atoms with van der Waals surface area (Å²) in [7, 11) is 0. The van der Waals surface area contributed by atoms with E-state index in [0.29, 0.717) is 11.6 Å². The van der Waals surface area contributed by atoms with Gasteiger partial charge in [-0.05, 0) is 50.2 Å². The second kappa shape index (κ2) is 8.03. The highest BCUT2D eigenvalue weighted by molar-refractivity contribution is 5.87. The zero-order valence-corrected chi connectivity index (χ0v) is 16.1. The first-order valence-electron chi connectivity index (χ1n) is 9.82. The summed E-state index contributed by atoms with van der Waals surface area (Å²) in [6.45, 7) is 1.87. The normalized spacial score (nSPS) is 14.7. The molecule has 3 N–H and O–H groups in total. The molecule has 1 saturated heterocycles. The zero-order valence-electron chi connectivity index (χ0n) is 16.1. The predicted octanol–water partition coefficient (Wildman–Crippen LogP) is 3.43. The van der Waals surface area contributed by atoms with E-state index in [-0.39, 0.29) is 11.9 Å². The summed E-state index contributed by atoms with van der Waals surface area (Å²) < 4.78 is 19.8. The lowest BCUT2D eigenvalue weighted by Gasteiger charge is -2.25. The number of aromatic amines is 1. The van der Waals surface area contributed by atoms with Crippen molar-refractivity contribution in [2.75, 3.05) is 18.4 Å². The summed E-state index contributed by atoms with van der Waals surface area (Å²) in [6, 6.07) is 10.1. The molecule has 2 aromatic heterocycles. The molecular formula is C21H20FN7O. The van der Waals surface area contributed by atoms with Gasteiger partial charge in [0.1, 0.15) is 17.7 Å². The fourth-order valence-corrected chi connectivity index (χ4v) is 3.54. The Balaban J connectivity index is 1.52. The lowest BCUT2D eigenvalue weighted by Crippen LogP contribution is -2.34. The summed E-state index contributed by atoms with van der Waals surface area (Å²) in [5.41, 5.74) is 2.94. The van der Waals surface area contributed by atoms with Gasteiger partial charge in [0.05, 0.1) is 17.4 Å². The predicted molar refractivity (Wildman–Crippen MR) is 111 cm³/mol. The van der Waals surface area contributed by atoms with E-state index in [1.165, 1.54) is 12.1 Å². The molecule has 0 amide bonds. The maximum absolute atomic E-state index is 13.5. The minimum absolute atomic E-state index is 0.130. The third-order valence-electron chi connectivity index (χ3n) is 5.05. The summed E-state index contributed by atoms with van der Waals surface area (Å²) >= 11 is 0. The van der Waals surface area contributed by atoms with E-state index < -0.39 is 0 Å². The molecule has 8 nitrogen and oxygen atoms in total. The number of benzene rings is 2. The highest BCUT2D eigenvalue weighted by Crippen LogP contribution is 2.34. The number of piperidine rings is 1. The van der Waals surface area contributed by atoms with Crippen LogP contribution in [0.15, 0.2) is 48.8 Å². The number of hydrogen-bond donors (Lipinski definition) is 3. The minimum Gasteiger partial charge on any atom is -0.490 e. The summed E-state index contributed by atoms with van der Waals surface area (Å²) in [5, 5.41) is 17.9. The Morgan fingerprint density at radius 1 is 1.10 bits per heavy atom. The molecule has 152 valence electrons. The first kappa shape index (κ1) is 18.4. The average molecular weight is 405 g/mol. The molecule has 1 fully saturated rings. The molecule has 2 aromatic carbocycles. The van der Waals surface area contributed by atoms with E-state index in [0.717, 1.165) is 53.8 Å². The summed E-state index contributed by atoms with van der Waals surface area (Å²) in [4.78, 5) is 8.96. The SMILES string of the molecule is Fc1cccc(Nc2ncc3cc(-c4cnn[nH]4)c(OC4CCNCC4)cc3n2)c1. The molecule has 0 radical (unpaired) electrons. The molecule has 4 aromatic rings. The van der Waals surface area contributed by atoms with Gasteiger partial charge in [-0.15, -0.1) is 5.10 Å². The first-order valence-corrected chi connectivity index (χ1v) is 9.82. The summed E-state index contributed by atoms with van der Waals surface area (Å²) in [6.07, 6.45) is 5.40. The van der Waals surface area contributed by atoms with Crippen LogP contribution < -0.4 is 15.4 Å². The van der Waals surface area contributed by atoms with Crippen molar-refractivity contribution in [3.05, 3.63) is 54.6 Å². The lowest BCUT2D eigenvalue weighted by molar-refractivity contribution is 0.163. The third-order valence-corrected chi connectivity index (χ3v) is 5.05. The Hall–Kier alpha value is -3.59. The van der Waals surface area contributed by atoms with Crippen LogP contribution >= 0.6 is 0 Å². The van der Waals surface area contributed by atoms with Crippen LogP contribution in [-0.4, -0.2) is 44.6 Å². The zero-order chi connectivity index (χ0) is 20.3. The molecule has 0 atom stereocenters. The number of aromatic nitrogens is 5. The van der Waals surface area contributed by atoms with Crippen LogP contribution in [0.1, 0.15) is 12.8 Å². The standard InChI is InChI=1S/C21H20FN7O/c22-14-2-1-3-15(9-14)26-21-24-11-13-8-17(19-12-25-29-28-19)20(10-18(13)27-21)30-16-4-6-23-7-5-16/h1-3,8-12,16,23H,4-7H2,(H,24,26,27)(H,25,28,29). The number of fused-ring (bicyclic) bond motifs is 1. The fraction of sp³-hybridized carbons (Fsp3) is 0.238. The van der Waals surface area contributed by atoms with Gasteiger partial charge < -0.3 is 15.4 Å². The molecule has 9 heteroatoms. The highest BCUT2D eigenvalue weighted by Gasteiger charge is 2.19. The van der Waals surface area contributed by atoms with Crippen molar-refractivity contribution in [3.63, 3.8) is 0 Å². The number of H-pyrrole nitrogens is 1. The Labute approximate surface area is 171 Å². The van der Waals surface area contributed by atoms with Crippen LogP contribution in [0.5, 0.6) is 5.75 Å². The largest absolute Gasteiger partial charge is 0.490 e. The highest BCUT2D eigenvalue weighted by atomic mass is 19.1. The second-order valence-corrected chi connectivity index (χ2v) is 7.17. The monoisotopic (exact) mass is 405 g/mol. The van der Waals surface area contributed by atoms with Crippen molar-refractivity contribution in [1.29, 1.82) is 0 Å². The Morgan fingerprint density at radius 2 is 2.00 bits per heavy atom. The van der Waals surface area contributed by atoms with Crippen LogP contribution in [0.4, 0.5) is 16.0 Å². The molecule has 1 aliphatic heterocycles. The van der Waals surface area contributed by atoms with Crippen LogP contribution in [-0.2, 0) is 0 Å². The number of nitrogens with zero attached hydrogens (tertiary/aromatic N) is 4. The quantitative estimate of drug-likeness (QED) is 0.468. The number of rotatable bonds is 5. The van der Waals surface area contributed by atoms with E-state index in [2.05, 4.69) is 36.0 Å². The van der Waals surface area contributed by atoms with Gasteiger partial charge >= 0.3 is 0 Å². The molecule has 0 unspecified atom stereocenters. The molecule has 1 aliphatic rings. The average Bonchev–Trinajstić information content (AvgIpc) is 3.29. The minimum atomic E-state index is -0.323. The second-order valence-electron chi connectivity index (χ2n) is 7.17. The van der Waals surface area contributed by atoms with Crippen molar-refractivity contribution >= 4 is 22.5 Å². The van der Waals surface area contributed by atoms with E-state index in [4.69, 9.17) is 4.74 Å². The molecular weight excluding hydrogens is 385 g/mol. The van der Waals surface area contributed by atoms with Gasteiger partial charge in [0, 0.05) is 28.9 Å². The lowest BCUT2D eigenvalue weighted by atomic mass is 10.1. The van der Waals surface area contributed by atoms with Gasteiger partial charge in [-0.2, -0.15) is 0 Å². The van der Waals surface area contributed by atoms with Gasteiger partial charge in [0.25, 0.3) is 0 Å². The Kier molecular flexibility index (Phi) is 4.94. The third kappa shape index (κ3) is 3.92.